The van der Waals surface area contributed by atoms with Crippen molar-refractivity contribution in [1.29, 1.82) is 0 Å². The van der Waals surface area contributed by atoms with Crippen molar-refractivity contribution in [3.8, 4) is 17.6 Å². The predicted molar refractivity (Wildman–Crippen MR) is 141 cm³/mol. The Balaban J connectivity index is 1.88. The zero-order valence-electron chi connectivity index (χ0n) is 20.0. The van der Waals surface area contributed by atoms with Crippen LogP contribution in [0, 0.1) is 17.3 Å². The van der Waals surface area contributed by atoms with Crippen molar-refractivity contribution in [3.63, 3.8) is 0 Å². The van der Waals surface area contributed by atoms with Gasteiger partial charge in [-0.15, -0.1) is 11.3 Å². The number of likely N-dealkylation sites (N-methyl/N-ethyl adjacent to an activating group) is 2. The van der Waals surface area contributed by atoms with Crippen molar-refractivity contribution in [2.24, 2.45) is 5.41 Å². The summed E-state index contributed by atoms with van der Waals surface area (Å²) in [4.78, 5) is 2.31. The third-order valence-corrected chi connectivity index (χ3v) is 8.60. The smallest absolute Gasteiger partial charge is 0.252 e. The highest BCUT2D eigenvalue weighted by Crippen LogP contribution is 2.28. The lowest BCUT2D eigenvalue weighted by atomic mass is 9.98. The first kappa shape index (κ1) is 27.6. The fourth-order valence-electron chi connectivity index (χ4n) is 2.82. The van der Waals surface area contributed by atoms with Gasteiger partial charge in [-0.1, -0.05) is 37.0 Å². The van der Waals surface area contributed by atoms with Crippen LogP contribution >= 0.6 is 27.3 Å². The van der Waals surface area contributed by atoms with Crippen LogP contribution in [0.25, 0.3) is 0 Å². The lowest BCUT2D eigenvalue weighted by Crippen LogP contribution is -2.30. The number of hydrogen-bond donors (Lipinski definition) is 0. The van der Waals surface area contributed by atoms with Crippen LogP contribution in [0.2, 0.25) is 0 Å². The van der Waals surface area contributed by atoms with Crippen LogP contribution in [0.3, 0.4) is 0 Å². The van der Waals surface area contributed by atoms with E-state index >= 15 is 0 Å². The molecule has 0 atom stereocenters. The van der Waals surface area contributed by atoms with Gasteiger partial charge in [-0.05, 0) is 79.2 Å². The molecule has 1 aromatic carbocycles. The monoisotopic (exact) mass is 552 g/mol. The molecule has 0 fully saturated rings. The minimum Gasteiger partial charge on any atom is -0.492 e. The van der Waals surface area contributed by atoms with E-state index in [1.165, 1.54) is 15.6 Å². The molecule has 0 saturated heterocycles. The molecule has 0 aliphatic rings. The number of rotatable bonds is 11. The number of halogens is 1. The molecule has 1 heterocycles. The summed E-state index contributed by atoms with van der Waals surface area (Å²) in [5, 5.41) is 0. The number of thiophene rings is 1. The van der Waals surface area contributed by atoms with Crippen LogP contribution in [0.1, 0.15) is 33.3 Å². The quantitative estimate of drug-likeness (QED) is 0.338. The summed E-state index contributed by atoms with van der Waals surface area (Å²) in [7, 11) is -1.93. The third kappa shape index (κ3) is 9.63. The highest BCUT2D eigenvalue weighted by Gasteiger charge is 2.22. The minimum atomic E-state index is -3.50. The number of allylic oxidation sites excluding steroid dienone is 1. The van der Waals surface area contributed by atoms with Gasteiger partial charge in [-0.3, -0.25) is 4.90 Å². The van der Waals surface area contributed by atoms with E-state index in [0.717, 1.165) is 34.7 Å². The number of sulfonamides is 1. The van der Waals surface area contributed by atoms with Gasteiger partial charge in [0.05, 0.1) is 3.79 Å². The lowest BCUT2D eigenvalue weighted by Gasteiger charge is -2.19. The maximum absolute atomic E-state index is 12.6. The van der Waals surface area contributed by atoms with E-state index in [0.29, 0.717) is 4.21 Å². The first-order valence-electron chi connectivity index (χ1n) is 10.8. The maximum Gasteiger partial charge on any atom is 0.252 e. The van der Waals surface area contributed by atoms with E-state index in [2.05, 4.69) is 72.5 Å². The normalized spacial score (nSPS) is 12.4. The van der Waals surface area contributed by atoms with Crippen LogP contribution in [0.5, 0.6) is 5.75 Å². The lowest BCUT2D eigenvalue weighted by molar-refractivity contribution is 0.284. The molecule has 0 bridgehead atoms. The summed E-state index contributed by atoms with van der Waals surface area (Å²) >= 11 is 4.51. The van der Waals surface area contributed by atoms with Gasteiger partial charge in [-0.2, -0.15) is 4.31 Å². The summed E-state index contributed by atoms with van der Waals surface area (Å²) in [5.74, 6) is 7.05. The van der Waals surface area contributed by atoms with Crippen LogP contribution in [0.15, 0.2) is 56.5 Å². The maximum atomic E-state index is 12.6. The van der Waals surface area contributed by atoms with E-state index in [1.807, 2.05) is 24.3 Å². The molecular formula is C25H33BrN2O3S2. The fraction of sp³-hybridized carbons (Fsp3) is 0.440. The van der Waals surface area contributed by atoms with Crippen LogP contribution in [-0.2, 0) is 16.6 Å². The zero-order chi connectivity index (χ0) is 24.5. The second kappa shape index (κ2) is 12.7. The molecule has 0 aliphatic heterocycles. The van der Waals surface area contributed by atoms with Crippen molar-refractivity contribution in [3.05, 3.63) is 57.9 Å². The first-order valence-corrected chi connectivity index (χ1v) is 13.9. The van der Waals surface area contributed by atoms with Crippen LogP contribution < -0.4 is 4.74 Å². The summed E-state index contributed by atoms with van der Waals surface area (Å²) in [5.41, 5.74) is 1.16. The fourth-order valence-corrected chi connectivity index (χ4v) is 6.19. The Labute approximate surface area is 211 Å². The Bertz CT molecular complexity index is 1090. The average Bonchev–Trinajstić information content (AvgIpc) is 3.19. The standard InChI is InChI=1S/C25H33BrN2O3S2/c1-6-28(16-9-7-8-15-25(2,3)4)20-21-11-10-12-22(19-21)31-18-17-27(5)33(29,30)24-14-13-23(26)32-24/h7,9-14,19H,6,16-18,20H2,1-5H3/b9-7+. The molecule has 0 amide bonds. The first-order chi connectivity index (χ1) is 15.5. The second-order valence-electron chi connectivity index (χ2n) is 8.63. The molecule has 8 heteroatoms. The largest absolute Gasteiger partial charge is 0.492 e. The predicted octanol–water partition coefficient (Wildman–Crippen LogP) is 5.64. The van der Waals surface area contributed by atoms with Gasteiger partial charge in [-0.25, -0.2) is 8.42 Å². The molecule has 0 aliphatic carbocycles. The molecule has 2 aromatic rings. The van der Waals surface area contributed by atoms with E-state index in [9.17, 15) is 8.42 Å². The van der Waals surface area contributed by atoms with Crippen molar-refractivity contribution in [2.45, 2.75) is 38.4 Å². The molecule has 0 N–H and O–H groups in total. The third-order valence-electron chi connectivity index (χ3n) is 4.65. The molecule has 1 aromatic heterocycles. The number of ether oxygens (including phenoxy) is 1. The Kier molecular flexibility index (Phi) is 10.6. The molecule has 0 saturated carbocycles. The Morgan fingerprint density at radius 1 is 1.21 bits per heavy atom. The molecule has 0 unspecified atom stereocenters. The molecule has 5 nitrogen and oxygen atoms in total. The van der Waals surface area contributed by atoms with Gasteiger partial charge in [0.25, 0.3) is 10.0 Å². The average molecular weight is 554 g/mol. The molecule has 180 valence electrons. The Morgan fingerprint density at radius 2 is 1.97 bits per heavy atom. The van der Waals surface area contributed by atoms with E-state index in [4.69, 9.17) is 4.74 Å². The highest BCUT2D eigenvalue weighted by molar-refractivity contribution is 9.11. The van der Waals surface area contributed by atoms with Crippen LogP contribution in [0.4, 0.5) is 0 Å². The molecule has 2 rings (SSSR count). The van der Waals surface area contributed by atoms with Crippen molar-refractivity contribution >= 4 is 37.3 Å². The molecular weight excluding hydrogens is 520 g/mol. The van der Waals surface area contributed by atoms with Crippen molar-refractivity contribution in [1.82, 2.24) is 9.21 Å². The summed E-state index contributed by atoms with van der Waals surface area (Å²) in [6, 6.07) is 11.3. The molecule has 33 heavy (non-hydrogen) atoms. The van der Waals surface area contributed by atoms with E-state index in [1.54, 1.807) is 19.2 Å². The van der Waals surface area contributed by atoms with E-state index < -0.39 is 10.0 Å². The van der Waals surface area contributed by atoms with Gasteiger partial charge >= 0.3 is 0 Å². The van der Waals surface area contributed by atoms with Crippen LogP contribution in [-0.4, -0.2) is 50.9 Å². The topological polar surface area (TPSA) is 49.9 Å². The number of nitrogens with zero attached hydrogens (tertiary/aromatic N) is 2. The Hall–Kier alpha value is -1.63. The molecule has 0 spiro atoms. The Morgan fingerprint density at radius 3 is 2.61 bits per heavy atom. The van der Waals surface area contributed by atoms with Crippen molar-refractivity contribution < 1.29 is 13.2 Å². The summed E-state index contributed by atoms with van der Waals surface area (Å²) < 4.78 is 33.5. The van der Waals surface area contributed by atoms with Gasteiger partial charge in [0, 0.05) is 32.1 Å². The SMILES string of the molecule is CCN(C/C=C/C#CC(C)(C)C)Cc1cccc(OCCN(C)S(=O)(=O)c2ccc(Br)s2)c1. The molecule has 0 radical (unpaired) electrons. The van der Waals surface area contributed by atoms with Gasteiger partial charge in [0.1, 0.15) is 16.6 Å². The van der Waals surface area contributed by atoms with Gasteiger partial charge < -0.3 is 4.74 Å². The zero-order valence-corrected chi connectivity index (χ0v) is 23.2. The number of hydrogen-bond acceptors (Lipinski definition) is 5. The van der Waals surface area contributed by atoms with E-state index in [-0.39, 0.29) is 18.6 Å². The number of benzene rings is 1. The van der Waals surface area contributed by atoms with Gasteiger partial charge in [0.15, 0.2) is 0 Å². The van der Waals surface area contributed by atoms with Crippen molar-refractivity contribution in [2.75, 3.05) is 33.3 Å². The summed E-state index contributed by atoms with van der Waals surface area (Å²) in [6.07, 6.45) is 4.01. The van der Waals surface area contributed by atoms with Gasteiger partial charge in [0.2, 0.25) is 0 Å². The minimum absolute atomic E-state index is 0.00925. The summed E-state index contributed by atoms with van der Waals surface area (Å²) in [6.45, 7) is 11.5. The highest BCUT2D eigenvalue weighted by atomic mass is 79.9. The second-order valence-corrected chi connectivity index (χ2v) is 13.4.